The van der Waals surface area contributed by atoms with Gasteiger partial charge in [-0.3, -0.25) is 9.59 Å². The number of nitrogens with two attached hydrogens (primary N) is 1. The average molecular weight is 299 g/mol. The van der Waals surface area contributed by atoms with E-state index >= 15 is 0 Å². The summed E-state index contributed by atoms with van der Waals surface area (Å²) in [5.41, 5.74) is 6.58. The van der Waals surface area contributed by atoms with Crippen LogP contribution in [0.5, 0.6) is 0 Å². The van der Waals surface area contributed by atoms with Crippen LogP contribution < -0.4 is 16.9 Å². The zero-order valence-corrected chi connectivity index (χ0v) is 12.0. The van der Waals surface area contributed by atoms with Gasteiger partial charge in [-0.1, -0.05) is 0 Å². The van der Waals surface area contributed by atoms with E-state index in [4.69, 9.17) is 5.73 Å². The Morgan fingerprint density at radius 2 is 2.09 bits per heavy atom. The maximum atomic E-state index is 12.1. The molecule has 0 amide bonds. The number of hydrogen-bond acceptors (Lipinski definition) is 4. The van der Waals surface area contributed by atoms with Gasteiger partial charge in [-0.2, -0.15) is 0 Å². The fraction of sp³-hybridized carbons (Fsp3) is 0.267. The first-order valence-electron chi connectivity index (χ1n) is 7.16. The number of aromatic amines is 1. The molecule has 0 fully saturated rings. The van der Waals surface area contributed by atoms with Gasteiger partial charge in [-0.15, -0.1) is 0 Å². The first kappa shape index (κ1) is 14.3. The smallest absolute Gasteiger partial charge is 0.316 e. The summed E-state index contributed by atoms with van der Waals surface area (Å²) in [4.78, 5) is 30.6. The largest absolute Gasteiger partial charge is 0.330 e. The molecule has 0 radical (unpaired) electrons. The van der Waals surface area contributed by atoms with E-state index in [1.54, 1.807) is 18.6 Å². The maximum absolute atomic E-state index is 12.1. The lowest BCUT2D eigenvalue weighted by molar-refractivity contribution is 0.609. The summed E-state index contributed by atoms with van der Waals surface area (Å²) in [5.74, 6) is 0. The molecule has 3 rings (SSSR count). The minimum atomic E-state index is -0.601. The van der Waals surface area contributed by atoms with Crippen LogP contribution in [0.15, 0.2) is 46.5 Å². The molecular weight excluding hydrogens is 282 g/mol. The number of H-pyrrole nitrogens is 1. The lowest BCUT2D eigenvalue weighted by Crippen LogP contribution is -2.36. The standard InChI is InChI=1S/C15H17N5O2/c16-5-1-2-7-20-13-9-11(19-8-6-17-10-19)3-4-12(13)18-14(21)15(20)22/h3-4,6,8-10H,1-2,5,7,16H2,(H,18,21). The van der Waals surface area contributed by atoms with Crippen molar-refractivity contribution in [2.45, 2.75) is 19.4 Å². The summed E-state index contributed by atoms with van der Waals surface area (Å²) in [6.07, 6.45) is 6.75. The van der Waals surface area contributed by atoms with Gasteiger partial charge in [0.1, 0.15) is 0 Å². The molecule has 7 nitrogen and oxygen atoms in total. The second-order valence-corrected chi connectivity index (χ2v) is 5.08. The van der Waals surface area contributed by atoms with Crippen molar-refractivity contribution in [1.82, 2.24) is 19.1 Å². The van der Waals surface area contributed by atoms with Crippen LogP contribution in [-0.4, -0.2) is 25.6 Å². The van der Waals surface area contributed by atoms with Crippen LogP contribution in [0.1, 0.15) is 12.8 Å². The lowest BCUT2D eigenvalue weighted by atomic mass is 10.2. The highest BCUT2D eigenvalue weighted by Gasteiger charge is 2.08. The van der Waals surface area contributed by atoms with Crippen LogP contribution >= 0.6 is 0 Å². The molecule has 2 aromatic heterocycles. The zero-order valence-electron chi connectivity index (χ0n) is 12.0. The summed E-state index contributed by atoms with van der Waals surface area (Å²) in [6, 6.07) is 5.54. The van der Waals surface area contributed by atoms with Gasteiger partial charge >= 0.3 is 11.1 Å². The van der Waals surface area contributed by atoms with Gasteiger partial charge in [0.25, 0.3) is 0 Å². The Bertz CT molecular complexity index is 892. The van der Waals surface area contributed by atoms with Crippen LogP contribution in [0.25, 0.3) is 16.7 Å². The molecular formula is C15H17N5O2. The second kappa shape index (κ2) is 5.98. The highest BCUT2D eigenvalue weighted by Crippen LogP contribution is 2.15. The van der Waals surface area contributed by atoms with Crippen LogP contribution in [-0.2, 0) is 6.54 Å². The summed E-state index contributed by atoms with van der Waals surface area (Å²) in [7, 11) is 0. The van der Waals surface area contributed by atoms with E-state index in [1.807, 2.05) is 22.9 Å². The number of unbranched alkanes of at least 4 members (excludes halogenated alkanes) is 1. The van der Waals surface area contributed by atoms with Crippen LogP contribution in [0.3, 0.4) is 0 Å². The Hall–Kier alpha value is -2.67. The third-order valence-corrected chi connectivity index (χ3v) is 3.60. The number of rotatable bonds is 5. The molecule has 0 unspecified atom stereocenters. The van der Waals surface area contributed by atoms with E-state index in [1.165, 1.54) is 4.57 Å². The molecule has 2 heterocycles. The topological polar surface area (TPSA) is 98.7 Å². The van der Waals surface area contributed by atoms with Crippen molar-refractivity contribution in [3.05, 3.63) is 57.6 Å². The molecule has 22 heavy (non-hydrogen) atoms. The van der Waals surface area contributed by atoms with E-state index in [2.05, 4.69) is 9.97 Å². The van der Waals surface area contributed by atoms with Crippen molar-refractivity contribution in [1.29, 1.82) is 0 Å². The van der Waals surface area contributed by atoms with Gasteiger partial charge in [0.15, 0.2) is 0 Å². The lowest BCUT2D eigenvalue weighted by Gasteiger charge is -2.11. The molecule has 0 saturated carbocycles. The van der Waals surface area contributed by atoms with Crippen molar-refractivity contribution in [2.75, 3.05) is 6.54 Å². The Morgan fingerprint density at radius 3 is 2.82 bits per heavy atom. The van der Waals surface area contributed by atoms with Crippen molar-refractivity contribution in [3.63, 3.8) is 0 Å². The third kappa shape index (κ3) is 2.58. The van der Waals surface area contributed by atoms with Gasteiger partial charge in [-0.25, -0.2) is 4.98 Å². The van der Waals surface area contributed by atoms with Gasteiger partial charge < -0.3 is 19.9 Å². The number of fused-ring (bicyclic) bond motifs is 1. The molecule has 0 aliphatic heterocycles. The molecule has 0 aliphatic carbocycles. The predicted molar refractivity (Wildman–Crippen MR) is 84.2 cm³/mol. The first-order chi connectivity index (χ1) is 10.7. The number of hydrogen-bond donors (Lipinski definition) is 2. The Kier molecular flexibility index (Phi) is 3.88. The molecule has 3 aromatic rings. The van der Waals surface area contributed by atoms with E-state index in [-0.39, 0.29) is 0 Å². The first-order valence-corrected chi connectivity index (χ1v) is 7.16. The minimum Gasteiger partial charge on any atom is -0.330 e. The minimum absolute atomic E-state index is 0.476. The van der Waals surface area contributed by atoms with Crippen LogP contribution in [0.2, 0.25) is 0 Å². The van der Waals surface area contributed by atoms with Crippen molar-refractivity contribution >= 4 is 11.0 Å². The van der Waals surface area contributed by atoms with E-state index in [9.17, 15) is 9.59 Å². The zero-order chi connectivity index (χ0) is 15.5. The quantitative estimate of drug-likeness (QED) is 0.533. The summed E-state index contributed by atoms with van der Waals surface area (Å²) < 4.78 is 3.36. The molecule has 0 saturated heterocycles. The molecule has 0 aliphatic rings. The summed E-state index contributed by atoms with van der Waals surface area (Å²) in [6.45, 7) is 1.04. The van der Waals surface area contributed by atoms with Crippen molar-refractivity contribution in [3.8, 4) is 5.69 Å². The summed E-state index contributed by atoms with van der Waals surface area (Å²) in [5, 5.41) is 0. The van der Waals surface area contributed by atoms with E-state index < -0.39 is 11.1 Å². The number of benzene rings is 1. The van der Waals surface area contributed by atoms with Crippen molar-refractivity contribution in [2.24, 2.45) is 5.73 Å². The van der Waals surface area contributed by atoms with E-state index in [0.29, 0.717) is 24.1 Å². The van der Waals surface area contributed by atoms with E-state index in [0.717, 1.165) is 18.5 Å². The molecule has 0 spiro atoms. The molecule has 3 N–H and O–H groups in total. The normalized spacial score (nSPS) is 11.1. The number of nitrogens with one attached hydrogen (secondary N) is 1. The third-order valence-electron chi connectivity index (χ3n) is 3.60. The average Bonchev–Trinajstić information content (AvgIpc) is 3.05. The molecule has 0 bridgehead atoms. The van der Waals surface area contributed by atoms with Gasteiger partial charge in [0.05, 0.1) is 17.4 Å². The maximum Gasteiger partial charge on any atom is 0.316 e. The highest BCUT2D eigenvalue weighted by atomic mass is 16.2. The predicted octanol–water partition coefficient (Wildman–Crippen LogP) is 0.614. The number of aryl methyl sites for hydroxylation is 1. The Morgan fingerprint density at radius 1 is 1.23 bits per heavy atom. The SMILES string of the molecule is NCCCCn1c(=O)c(=O)[nH]c2ccc(-n3ccnc3)cc21. The number of aromatic nitrogens is 4. The van der Waals surface area contributed by atoms with Gasteiger partial charge in [0, 0.05) is 24.6 Å². The van der Waals surface area contributed by atoms with Crippen LogP contribution in [0, 0.1) is 0 Å². The van der Waals surface area contributed by atoms with Gasteiger partial charge in [0.2, 0.25) is 0 Å². The molecule has 1 aromatic carbocycles. The Balaban J connectivity index is 2.16. The molecule has 114 valence electrons. The summed E-state index contributed by atoms with van der Waals surface area (Å²) >= 11 is 0. The monoisotopic (exact) mass is 299 g/mol. The fourth-order valence-corrected chi connectivity index (χ4v) is 2.47. The fourth-order valence-electron chi connectivity index (χ4n) is 2.47. The highest BCUT2D eigenvalue weighted by molar-refractivity contribution is 5.77. The van der Waals surface area contributed by atoms with Gasteiger partial charge in [-0.05, 0) is 37.6 Å². The second-order valence-electron chi connectivity index (χ2n) is 5.08. The van der Waals surface area contributed by atoms with Crippen LogP contribution in [0.4, 0.5) is 0 Å². The molecule has 0 atom stereocenters. The number of imidazole rings is 1. The van der Waals surface area contributed by atoms with Crippen molar-refractivity contribution < 1.29 is 0 Å². The number of nitrogens with zero attached hydrogens (tertiary/aromatic N) is 3. The molecule has 7 heteroatoms. The Labute approximate surface area is 126 Å².